The summed E-state index contributed by atoms with van der Waals surface area (Å²) < 4.78 is 0. The fourth-order valence-electron chi connectivity index (χ4n) is 1.94. The van der Waals surface area contributed by atoms with Crippen LogP contribution >= 0.6 is 0 Å². The number of nitrogens with one attached hydrogen (secondary N) is 1. The van der Waals surface area contributed by atoms with Gasteiger partial charge in [-0.3, -0.25) is 4.79 Å². The number of rotatable bonds is 2. The SMILES string of the molecule is Cc1cc(C#CCO)ccc1NC(=O)C1CC1C. The summed E-state index contributed by atoms with van der Waals surface area (Å²) in [6.07, 6.45) is 0.991. The Balaban J connectivity index is 2.07. The highest BCUT2D eigenvalue weighted by molar-refractivity contribution is 5.95. The van der Waals surface area contributed by atoms with Gasteiger partial charge in [0, 0.05) is 17.2 Å². The summed E-state index contributed by atoms with van der Waals surface area (Å²) in [5.41, 5.74) is 2.68. The number of hydrogen-bond acceptors (Lipinski definition) is 2. The third-order valence-electron chi connectivity index (χ3n) is 3.24. The Morgan fingerprint density at radius 3 is 2.83 bits per heavy atom. The predicted octanol–water partition coefficient (Wildman–Crippen LogP) is 1.93. The highest BCUT2D eigenvalue weighted by Crippen LogP contribution is 2.38. The van der Waals surface area contributed by atoms with Crippen LogP contribution in [-0.4, -0.2) is 17.6 Å². The quantitative estimate of drug-likeness (QED) is 0.780. The van der Waals surface area contributed by atoms with Gasteiger partial charge in [-0.25, -0.2) is 0 Å². The molecule has 2 rings (SSSR count). The molecule has 1 aliphatic carbocycles. The van der Waals surface area contributed by atoms with E-state index in [0.717, 1.165) is 23.2 Å². The van der Waals surface area contributed by atoms with Crippen molar-refractivity contribution in [2.75, 3.05) is 11.9 Å². The number of anilines is 1. The Bertz CT molecular complexity index is 525. The van der Waals surface area contributed by atoms with E-state index in [2.05, 4.69) is 24.1 Å². The van der Waals surface area contributed by atoms with Gasteiger partial charge < -0.3 is 10.4 Å². The van der Waals surface area contributed by atoms with E-state index in [1.807, 2.05) is 25.1 Å². The number of benzene rings is 1. The van der Waals surface area contributed by atoms with E-state index in [1.54, 1.807) is 0 Å². The van der Waals surface area contributed by atoms with Crippen LogP contribution in [0.5, 0.6) is 0 Å². The minimum Gasteiger partial charge on any atom is -0.384 e. The molecule has 94 valence electrons. The van der Waals surface area contributed by atoms with Gasteiger partial charge in [0.1, 0.15) is 6.61 Å². The van der Waals surface area contributed by atoms with Gasteiger partial charge in [-0.2, -0.15) is 0 Å². The number of aliphatic hydroxyl groups excluding tert-OH is 1. The molecule has 0 spiro atoms. The molecule has 2 atom stereocenters. The average Bonchev–Trinajstić information content (AvgIpc) is 3.07. The molecule has 1 aliphatic rings. The Hall–Kier alpha value is -1.79. The Morgan fingerprint density at radius 2 is 2.28 bits per heavy atom. The Morgan fingerprint density at radius 1 is 1.56 bits per heavy atom. The minimum absolute atomic E-state index is 0.111. The first-order valence-corrected chi connectivity index (χ1v) is 6.13. The third kappa shape index (κ3) is 2.91. The topological polar surface area (TPSA) is 49.3 Å². The number of carbonyl (C=O) groups is 1. The van der Waals surface area contributed by atoms with Crippen LogP contribution in [0.1, 0.15) is 24.5 Å². The Kier molecular flexibility index (Phi) is 3.69. The summed E-state index contributed by atoms with van der Waals surface area (Å²) in [7, 11) is 0. The molecule has 1 amide bonds. The van der Waals surface area contributed by atoms with Crippen LogP contribution in [0.25, 0.3) is 0 Å². The summed E-state index contributed by atoms with van der Waals surface area (Å²) in [5, 5.41) is 11.6. The van der Waals surface area contributed by atoms with Crippen LogP contribution in [-0.2, 0) is 4.79 Å². The molecule has 2 unspecified atom stereocenters. The van der Waals surface area contributed by atoms with Crippen LogP contribution in [0.3, 0.4) is 0 Å². The van der Waals surface area contributed by atoms with E-state index in [4.69, 9.17) is 5.11 Å². The molecular weight excluding hydrogens is 226 g/mol. The van der Waals surface area contributed by atoms with Crippen molar-refractivity contribution in [2.24, 2.45) is 11.8 Å². The third-order valence-corrected chi connectivity index (χ3v) is 3.24. The molecular formula is C15H17NO2. The number of aryl methyl sites for hydroxylation is 1. The second-order valence-corrected chi connectivity index (χ2v) is 4.80. The molecule has 0 aromatic heterocycles. The maximum absolute atomic E-state index is 11.8. The zero-order valence-corrected chi connectivity index (χ0v) is 10.7. The zero-order chi connectivity index (χ0) is 13.1. The van der Waals surface area contributed by atoms with Crippen molar-refractivity contribution in [3.63, 3.8) is 0 Å². The fourth-order valence-corrected chi connectivity index (χ4v) is 1.94. The van der Waals surface area contributed by atoms with Crippen molar-refractivity contribution in [2.45, 2.75) is 20.3 Å². The smallest absolute Gasteiger partial charge is 0.227 e. The molecule has 1 saturated carbocycles. The molecule has 2 N–H and O–H groups in total. The molecule has 18 heavy (non-hydrogen) atoms. The predicted molar refractivity (Wildman–Crippen MR) is 71.0 cm³/mol. The summed E-state index contributed by atoms with van der Waals surface area (Å²) >= 11 is 0. The van der Waals surface area contributed by atoms with Crippen LogP contribution in [0, 0.1) is 30.6 Å². The molecule has 0 bridgehead atoms. The largest absolute Gasteiger partial charge is 0.384 e. The van der Waals surface area contributed by atoms with Gasteiger partial charge in [-0.15, -0.1) is 0 Å². The van der Waals surface area contributed by atoms with E-state index < -0.39 is 0 Å². The van der Waals surface area contributed by atoms with Crippen LogP contribution < -0.4 is 5.32 Å². The summed E-state index contributed by atoms with van der Waals surface area (Å²) in [6, 6.07) is 5.62. The van der Waals surface area contributed by atoms with Gasteiger partial charge in [0.25, 0.3) is 0 Å². The molecule has 0 aliphatic heterocycles. The van der Waals surface area contributed by atoms with Gasteiger partial charge >= 0.3 is 0 Å². The lowest BCUT2D eigenvalue weighted by atomic mass is 10.1. The summed E-state index contributed by atoms with van der Waals surface area (Å²) in [4.78, 5) is 11.8. The second-order valence-electron chi connectivity index (χ2n) is 4.80. The highest BCUT2D eigenvalue weighted by Gasteiger charge is 2.39. The molecule has 0 heterocycles. The molecule has 3 heteroatoms. The first-order chi connectivity index (χ1) is 8.61. The maximum Gasteiger partial charge on any atom is 0.227 e. The standard InChI is InChI=1S/C15H17NO2/c1-10-9-13(10)15(18)16-14-6-5-12(4-3-7-17)8-11(14)2/h5-6,8,10,13,17H,7,9H2,1-2H3,(H,16,18). The van der Waals surface area contributed by atoms with Gasteiger partial charge in [0.15, 0.2) is 0 Å². The second kappa shape index (κ2) is 5.24. The monoisotopic (exact) mass is 243 g/mol. The van der Waals surface area contributed by atoms with Crippen molar-refractivity contribution in [3.05, 3.63) is 29.3 Å². The maximum atomic E-state index is 11.8. The number of amides is 1. The van der Waals surface area contributed by atoms with Crippen molar-refractivity contribution in [3.8, 4) is 11.8 Å². The van der Waals surface area contributed by atoms with Crippen LogP contribution in [0.2, 0.25) is 0 Å². The van der Waals surface area contributed by atoms with Crippen molar-refractivity contribution < 1.29 is 9.90 Å². The molecule has 0 radical (unpaired) electrons. The van der Waals surface area contributed by atoms with Crippen molar-refractivity contribution in [1.29, 1.82) is 0 Å². The first-order valence-electron chi connectivity index (χ1n) is 6.13. The van der Waals surface area contributed by atoms with E-state index in [9.17, 15) is 4.79 Å². The van der Waals surface area contributed by atoms with Crippen molar-refractivity contribution in [1.82, 2.24) is 0 Å². The molecule has 3 nitrogen and oxygen atoms in total. The lowest BCUT2D eigenvalue weighted by Gasteiger charge is -2.08. The van der Waals surface area contributed by atoms with Crippen molar-refractivity contribution >= 4 is 11.6 Å². The lowest BCUT2D eigenvalue weighted by Crippen LogP contribution is -2.15. The van der Waals surface area contributed by atoms with Gasteiger partial charge in [0.2, 0.25) is 5.91 Å². The van der Waals surface area contributed by atoms with E-state index in [-0.39, 0.29) is 18.4 Å². The van der Waals surface area contributed by atoms with E-state index >= 15 is 0 Å². The molecule has 1 fully saturated rings. The lowest BCUT2D eigenvalue weighted by molar-refractivity contribution is -0.117. The normalized spacial score (nSPS) is 20.8. The number of carbonyl (C=O) groups excluding carboxylic acids is 1. The average molecular weight is 243 g/mol. The van der Waals surface area contributed by atoms with Gasteiger partial charge in [0.05, 0.1) is 0 Å². The molecule has 1 aromatic rings. The van der Waals surface area contributed by atoms with E-state index in [1.165, 1.54) is 0 Å². The van der Waals surface area contributed by atoms with Crippen LogP contribution in [0.15, 0.2) is 18.2 Å². The molecule has 1 aromatic carbocycles. The first kappa shape index (κ1) is 12.7. The Labute approximate surface area is 107 Å². The summed E-state index contributed by atoms with van der Waals surface area (Å²) in [6.45, 7) is 3.89. The minimum atomic E-state index is -0.142. The van der Waals surface area contributed by atoms with Gasteiger partial charge in [-0.05, 0) is 43.0 Å². The van der Waals surface area contributed by atoms with Gasteiger partial charge in [-0.1, -0.05) is 18.8 Å². The highest BCUT2D eigenvalue weighted by atomic mass is 16.2. The number of hydrogen-bond donors (Lipinski definition) is 2. The zero-order valence-electron chi connectivity index (χ0n) is 10.7. The molecule has 0 saturated heterocycles. The number of aliphatic hydroxyl groups is 1. The van der Waals surface area contributed by atoms with Crippen LogP contribution in [0.4, 0.5) is 5.69 Å². The summed E-state index contributed by atoms with van der Waals surface area (Å²) in [5.74, 6) is 6.25. The fraction of sp³-hybridized carbons (Fsp3) is 0.400. The van der Waals surface area contributed by atoms with E-state index in [0.29, 0.717) is 5.92 Å².